The van der Waals surface area contributed by atoms with Crippen molar-refractivity contribution in [1.29, 1.82) is 5.26 Å². The molecule has 0 saturated heterocycles. The molecule has 0 fully saturated rings. The molecule has 0 unspecified atom stereocenters. The first-order chi connectivity index (χ1) is 11.5. The molecule has 0 aromatic heterocycles. The van der Waals surface area contributed by atoms with Crippen LogP contribution in [0.1, 0.15) is 16.7 Å². The van der Waals surface area contributed by atoms with Crippen LogP contribution in [0.3, 0.4) is 0 Å². The Hall–Kier alpha value is -2.36. The van der Waals surface area contributed by atoms with Crippen LogP contribution >= 0.6 is 0 Å². The molecule has 0 radical (unpaired) electrons. The minimum atomic E-state index is -3.37. The summed E-state index contributed by atoms with van der Waals surface area (Å²) in [4.78, 5) is 0. The topological polar surface area (TPSA) is 73.2 Å². The van der Waals surface area contributed by atoms with Gasteiger partial charge in [0.05, 0.1) is 17.9 Å². The number of nitrogens with zero attached hydrogens (tertiary/aromatic N) is 2. The van der Waals surface area contributed by atoms with E-state index in [1.54, 1.807) is 12.1 Å². The summed E-state index contributed by atoms with van der Waals surface area (Å²) in [5.74, 6) is 0. The summed E-state index contributed by atoms with van der Waals surface area (Å²) in [6.07, 6.45) is 1.88. The Labute approximate surface area is 142 Å². The lowest BCUT2D eigenvalue weighted by Gasteiger charge is -2.27. The highest BCUT2D eigenvalue weighted by Gasteiger charge is 2.30. The van der Waals surface area contributed by atoms with Gasteiger partial charge in [0.1, 0.15) is 0 Å². The van der Waals surface area contributed by atoms with Crippen LogP contribution in [0.4, 0.5) is 5.69 Å². The van der Waals surface area contributed by atoms with Crippen molar-refractivity contribution in [3.63, 3.8) is 0 Å². The molecule has 6 heteroatoms. The van der Waals surface area contributed by atoms with E-state index in [1.165, 1.54) is 10.6 Å². The lowest BCUT2D eigenvalue weighted by Crippen LogP contribution is -2.42. The number of rotatable bonds is 3. The summed E-state index contributed by atoms with van der Waals surface area (Å²) in [5, 5.41) is 12.4. The standard InChI is InChI=1S/C18H19N3O2S/c1-24(22,23)21-13-16-9-15(11-19)7-8-18(16)20-12-17(21)10-14-5-3-2-4-6-14/h2-9,17,20H,10,12-13H2,1H3/t17-/m1/s1. The molecule has 1 N–H and O–H groups in total. The molecule has 24 heavy (non-hydrogen) atoms. The van der Waals surface area contributed by atoms with Crippen molar-refractivity contribution in [3.05, 3.63) is 65.2 Å². The highest BCUT2D eigenvalue weighted by Crippen LogP contribution is 2.26. The number of hydrogen-bond donors (Lipinski definition) is 1. The van der Waals surface area contributed by atoms with Gasteiger partial charge in [0.2, 0.25) is 10.0 Å². The fourth-order valence-corrected chi connectivity index (χ4v) is 4.11. The molecule has 0 bridgehead atoms. The first-order valence-electron chi connectivity index (χ1n) is 7.75. The van der Waals surface area contributed by atoms with E-state index in [1.807, 2.05) is 36.4 Å². The highest BCUT2D eigenvalue weighted by atomic mass is 32.2. The summed E-state index contributed by atoms with van der Waals surface area (Å²) in [7, 11) is -3.37. The molecule has 2 aromatic carbocycles. The van der Waals surface area contributed by atoms with Crippen molar-refractivity contribution in [2.24, 2.45) is 0 Å². The summed E-state index contributed by atoms with van der Waals surface area (Å²) in [5.41, 5.74) is 3.35. The molecule has 1 aliphatic heterocycles. The molecule has 1 heterocycles. The Kier molecular flexibility index (Phi) is 4.56. The molecule has 0 aliphatic carbocycles. The van der Waals surface area contributed by atoms with Gasteiger partial charge in [0, 0.05) is 24.8 Å². The fourth-order valence-electron chi connectivity index (χ4n) is 3.04. The van der Waals surface area contributed by atoms with Crippen molar-refractivity contribution in [3.8, 4) is 6.07 Å². The summed E-state index contributed by atoms with van der Waals surface area (Å²) in [6.45, 7) is 0.801. The molecule has 0 amide bonds. The lowest BCUT2D eigenvalue weighted by atomic mass is 10.1. The summed E-state index contributed by atoms with van der Waals surface area (Å²) >= 11 is 0. The lowest BCUT2D eigenvalue weighted by molar-refractivity contribution is 0.328. The number of hydrogen-bond acceptors (Lipinski definition) is 4. The average molecular weight is 341 g/mol. The Balaban J connectivity index is 1.95. The quantitative estimate of drug-likeness (QED) is 0.930. The average Bonchev–Trinajstić information content (AvgIpc) is 2.75. The van der Waals surface area contributed by atoms with E-state index in [9.17, 15) is 8.42 Å². The Morgan fingerprint density at radius 2 is 2.00 bits per heavy atom. The number of sulfonamides is 1. The van der Waals surface area contributed by atoms with E-state index in [4.69, 9.17) is 5.26 Å². The fraction of sp³-hybridized carbons (Fsp3) is 0.278. The van der Waals surface area contributed by atoms with E-state index in [-0.39, 0.29) is 12.6 Å². The second-order valence-corrected chi connectivity index (χ2v) is 7.95. The smallest absolute Gasteiger partial charge is 0.211 e. The van der Waals surface area contributed by atoms with Crippen LogP contribution in [-0.4, -0.2) is 31.6 Å². The Bertz CT molecular complexity index is 873. The van der Waals surface area contributed by atoms with Crippen molar-refractivity contribution >= 4 is 15.7 Å². The van der Waals surface area contributed by atoms with Crippen LogP contribution in [0.25, 0.3) is 0 Å². The van der Waals surface area contributed by atoms with Gasteiger partial charge in [-0.15, -0.1) is 0 Å². The molecular weight excluding hydrogens is 322 g/mol. The van der Waals surface area contributed by atoms with Gasteiger partial charge in [-0.05, 0) is 35.7 Å². The number of nitrogens with one attached hydrogen (secondary N) is 1. The van der Waals surface area contributed by atoms with Crippen LogP contribution < -0.4 is 5.32 Å². The van der Waals surface area contributed by atoms with Crippen molar-refractivity contribution in [2.45, 2.75) is 19.0 Å². The van der Waals surface area contributed by atoms with Gasteiger partial charge in [0.25, 0.3) is 0 Å². The molecular formula is C18H19N3O2S. The zero-order chi connectivity index (χ0) is 17.2. The SMILES string of the molecule is CS(=O)(=O)N1Cc2cc(C#N)ccc2NC[C@H]1Cc1ccccc1. The van der Waals surface area contributed by atoms with Crippen LogP contribution in [0.5, 0.6) is 0 Å². The molecule has 0 saturated carbocycles. The minimum absolute atomic E-state index is 0.180. The van der Waals surface area contributed by atoms with Gasteiger partial charge < -0.3 is 5.32 Å². The van der Waals surface area contributed by atoms with Crippen molar-refractivity contribution in [1.82, 2.24) is 4.31 Å². The predicted molar refractivity (Wildman–Crippen MR) is 94.0 cm³/mol. The highest BCUT2D eigenvalue weighted by molar-refractivity contribution is 7.88. The maximum Gasteiger partial charge on any atom is 0.211 e. The number of benzene rings is 2. The molecule has 0 spiro atoms. The third-order valence-electron chi connectivity index (χ3n) is 4.24. The van der Waals surface area contributed by atoms with Gasteiger partial charge in [-0.1, -0.05) is 30.3 Å². The summed E-state index contributed by atoms with van der Waals surface area (Å²) in [6, 6.07) is 17.1. The molecule has 1 aliphatic rings. The van der Waals surface area contributed by atoms with E-state index < -0.39 is 10.0 Å². The van der Waals surface area contributed by atoms with E-state index in [2.05, 4.69) is 11.4 Å². The normalized spacial score (nSPS) is 18.1. The van der Waals surface area contributed by atoms with Crippen LogP contribution in [0, 0.1) is 11.3 Å². The van der Waals surface area contributed by atoms with Crippen LogP contribution in [0.2, 0.25) is 0 Å². The zero-order valence-electron chi connectivity index (χ0n) is 13.4. The molecule has 5 nitrogen and oxygen atoms in total. The molecule has 1 atom stereocenters. The molecule has 2 aromatic rings. The van der Waals surface area contributed by atoms with E-state index in [0.717, 1.165) is 16.8 Å². The predicted octanol–water partition coefficient (Wildman–Crippen LogP) is 2.36. The number of nitriles is 1. The zero-order valence-corrected chi connectivity index (χ0v) is 14.3. The maximum atomic E-state index is 12.3. The van der Waals surface area contributed by atoms with Crippen LogP contribution in [-0.2, 0) is 23.0 Å². The molecule has 3 rings (SSSR count). The van der Waals surface area contributed by atoms with Crippen molar-refractivity contribution < 1.29 is 8.42 Å². The monoisotopic (exact) mass is 341 g/mol. The maximum absolute atomic E-state index is 12.3. The first-order valence-corrected chi connectivity index (χ1v) is 9.60. The van der Waals surface area contributed by atoms with Gasteiger partial charge in [-0.2, -0.15) is 9.57 Å². The first kappa shape index (κ1) is 16.5. The van der Waals surface area contributed by atoms with Gasteiger partial charge in [-0.25, -0.2) is 8.42 Å². The number of anilines is 1. The van der Waals surface area contributed by atoms with Crippen molar-refractivity contribution in [2.75, 3.05) is 18.1 Å². The largest absolute Gasteiger partial charge is 0.383 e. The van der Waals surface area contributed by atoms with Gasteiger partial charge >= 0.3 is 0 Å². The molecule has 124 valence electrons. The Morgan fingerprint density at radius 3 is 2.67 bits per heavy atom. The third kappa shape index (κ3) is 3.58. The van der Waals surface area contributed by atoms with Gasteiger partial charge in [-0.3, -0.25) is 0 Å². The second kappa shape index (κ2) is 6.63. The van der Waals surface area contributed by atoms with Crippen LogP contribution in [0.15, 0.2) is 48.5 Å². The minimum Gasteiger partial charge on any atom is -0.383 e. The second-order valence-electron chi connectivity index (χ2n) is 6.02. The summed E-state index contributed by atoms with van der Waals surface area (Å²) < 4.78 is 26.2. The van der Waals surface area contributed by atoms with Gasteiger partial charge in [0.15, 0.2) is 0 Å². The third-order valence-corrected chi connectivity index (χ3v) is 5.52. The van der Waals surface area contributed by atoms with E-state index in [0.29, 0.717) is 18.5 Å². The number of fused-ring (bicyclic) bond motifs is 1. The Morgan fingerprint density at radius 1 is 1.25 bits per heavy atom. The van der Waals surface area contributed by atoms with E-state index >= 15 is 0 Å².